The summed E-state index contributed by atoms with van der Waals surface area (Å²) in [5.74, 6) is 1.11. The van der Waals surface area contributed by atoms with Crippen LogP contribution >= 0.6 is 11.8 Å². The lowest BCUT2D eigenvalue weighted by molar-refractivity contribution is 0.0897. The van der Waals surface area contributed by atoms with Crippen LogP contribution in [-0.2, 0) is 15.8 Å². The number of carbonyl (C=O) groups excluding carboxylic acids is 1. The maximum atomic E-state index is 13.1. The first-order chi connectivity index (χ1) is 15.0. The van der Waals surface area contributed by atoms with E-state index < -0.39 is 10.0 Å². The van der Waals surface area contributed by atoms with Gasteiger partial charge in [-0.1, -0.05) is 37.5 Å². The number of fused-ring (bicyclic) bond motifs is 1. The predicted octanol–water partition coefficient (Wildman–Crippen LogP) is 4.54. The summed E-state index contributed by atoms with van der Waals surface area (Å²) < 4.78 is 31.7. The minimum atomic E-state index is -3.17. The number of carbonyl (C=O) groups is 1. The van der Waals surface area contributed by atoms with Gasteiger partial charge in [0.2, 0.25) is 10.0 Å². The summed E-state index contributed by atoms with van der Waals surface area (Å²) in [5.41, 5.74) is 1.73. The van der Waals surface area contributed by atoms with Gasteiger partial charge in [0.15, 0.2) is 5.76 Å². The summed E-state index contributed by atoms with van der Waals surface area (Å²) in [6, 6.07) is 7.81. The second-order valence-corrected chi connectivity index (χ2v) is 12.1. The molecule has 4 rings (SSSR count). The smallest absolute Gasteiger partial charge is 0.287 e. The first kappa shape index (κ1) is 22.7. The minimum absolute atomic E-state index is 0.0390. The molecule has 1 N–H and O–H groups in total. The van der Waals surface area contributed by atoms with E-state index in [0.717, 1.165) is 22.3 Å². The van der Waals surface area contributed by atoms with Crippen LogP contribution in [0.25, 0.3) is 11.0 Å². The van der Waals surface area contributed by atoms with Gasteiger partial charge >= 0.3 is 0 Å². The van der Waals surface area contributed by atoms with Crippen molar-refractivity contribution in [3.8, 4) is 0 Å². The lowest BCUT2D eigenvalue weighted by Crippen LogP contribution is -2.46. The number of hydrogen-bond acceptors (Lipinski definition) is 5. The Balaban J connectivity index is 1.45. The van der Waals surface area contributed by atoms with Gasteiger partial charge in [-0.15, -0.1) is 0 Å². The molecule has 2 aliphatic rings. The lowest BCUT2D eigenvalue weighted by Gasteiger charge is -2.31. The third kappa shape index (κ3) is 5.29. The van der Waals surface area contributed by atoms with Gasteiger partial charge in [0.25, 0.3) is 5.91 Å². The zero-order valence-electron chi connectivity index (χ0n) is 18.1. The molecule has 31 heavy (non-hydrogen) atoms. The van der Waals surface area contributed by atoms with Crippen molar-refractivity contribution in [3.63, 3.8) is 0 Å². The number of piperidine rings is 1. The van der Waals surface area contributed by atoms with Gasteiger partial charge in [-0.2, -0.15) is 11.8 Å². The van der Waals surface area contributed by atoms with Crippen molar-refractivity contribution in [3.05, 3.63) is 35.6 Å². The van der Waals surface area contributed by atoms with Crippen LogP contribution in [0.2, 0.25) is 0 Å². The van der Waals surface area contributed by atoms with Gasteiger partial charge in [0, 0.05) is 41.1 Å². The molecule has 6 nitrogen and oxygen atoms in total. The minimum Gasteiger partial charge on any atom is -0.451 e. The van der Waals surface area contributed by atoms with E-state index in [4.69, 9.17) is 4.42 Å². The average Bonchev–Trinajstić information content (AvgIpc) is 3.17. The molecule has 1 aromatic carbocycles. The number of sulfonamides is 1. The summed E-state index contributed by atoms with van der Waals surface area (Å²) in [5, 5.41) is 4.77. The van der Waals surface area contributed by atoms with Crippen LogP contribution < -0.4 is 5.32 Å². The Morgan fingerprint density at radius 2 is 1.84 bits per heavy atom. The summed E-state index contributed by atoms with van der Waals surface area (Å²) in [4.78, 5) is 13.1. The van der Waals surface area contributed by atoms with E-state index in [1.807, 2.05) is 36.0 Å². The number of thioether (sulfide) groups is 1. The fourth-order valence-electron chi connectivity index (χ4n) is 4.57. The molecular weight excluding hydrogens is 432 g/mol. The van der Waals surface area contributed by atoms with Gasteiger partial charge < -0.3 is 9.73 Å². The molecule has 1 saturated heterocycles. The molecule has 2 fully saturated rings. The van der Waals surface area contributed by atoms with E-state index in [-0.39, 0.29) is 17.7 Å². The number of para-hydroxylation sites is 1. The van der Waals surface area contributed by atoms with E-state index >= 15 is 0 Å². The van der Waals surface area contributed by atoms with Crippen molar-refractivity contribution in [1.82, 2.24) is 9.62 Å². The van der Waals surface area contributed by atoms with Crippen molar-refractivity contribution in [1.29, 1.82) is 0 Å². The largest absolute Gasteiger partial charge is 0.451 e. The van der Waals surface area contributed by atoms with E-state index in [1.165, 1.54) is 36.4 Å². The number of furan rings is 1. The van der Waals surface area contributed by atoms with Crippen LogP contribution in [0.5, 0.6) is 0 Å². The zero-order chi connectivity index (χ0) is 21.8. The second-order valence-electron chi connectivity index (χ2n) is 8.52. The van der Waals surface area contributed by atoms with Gasteiger partial charge in [-0.3, -0.25) is 4.79 Å². The predicted molar refractivity (Wildman–Crippen MR) is 126 cm³/mol. The fraction of sp³-hybridized carbons (Fsp3) is 0.609. The molecule has 1 aromatic heterocycles. The van der Waals surface area contributed by atoms with Gasteiger partial charge in [-0.05, 0) is 38.7 Å². The maximum Gasteiger partial charge on any atom is 0.287 e. The quantitative estimate of drug-likeness (QED) is 0.651. The SMILES string of the molecule is CCS(=O)(=O)N1CCC(NC(=O)c2oc3ccccc3c2CSC2CCCCC2)CC1. The monoisotopic (exact) mass is 464 g/mol. The Morgan fingerprint density at radius 1 is 1.13 bits per heavy atom. The van der Waals surface area contributed by atoms with Crippen LogP contribution in [0, 0.1) is 0 Å². The first-order valence-corrected chi connectivity index (χ1v) is 14.0. The van der Waals surface area contributed by atoms with Crippen molar-refractivity contribution in [2.75, 3.05) is 18.8 Å². The number of nitrogens with zero attached hydrogens (tertiary/aromatic N) is 1. The molecule has 2 heterocycles. The number of benzene rings is 1. The van der Waals surface area contributed by atoms with Crippen LogP contribution in [0.3, 0.4) is 0 Å². The van der Waals surface area contributed by atoms with Crippen LogP contribution in [0.15, 0.2) is 28.7 Å². The van der Waals surface area contributed by atoms with E-state index in [0.29, 0.717) is 36.9 Å². The van der Waals surface area contributed by atoms with Gasteiger partial charge in [0.05, 0.1) is 5.75 Å². The Kier molecular flexibility index (Phi) is 7.29. The molecule has 0 radical (unpaired) electrons. The maximum absolute atomic E-state index is 13.1. The summed E-state index contributed by atoms with van der Waals surface area (Å²) in [6.45, 7) is 2.56. The summed E-state index contributed by atoms with van der Waals surface area (Å²) in [6.07, 6.45) is 7.67. The third-order valence-corrected chi connectivity index (χ3v) is 9.75. The number of amides is 1. The summed E-state index contributed by atoms with van der Waals surface area (Å²) >= 11 is 1.94. The topological polar surface area (TPSA) is 79.6 Å². The van der Waals surface area contributed by atoms with Crippen molar-refractivity contribution >= 4 is 38.7 Å². The Morgan fingerprint density at radius 3 is 2.55 bits per heavy atom. The van der Waals surface area contributed by atoms with Crippen LogP contribution in [-0.4, -0.2) is 48.8 Å². The molecule has 1 saturated carbocycles. The van der Waals surface area contributed by atoms with Crippen LogP contribution in [0.4, 0.5) is 0 Å². The zero-order valence-corrected chi connectivity index (χ0v) is 19.8. The fourth-order valence-corrected chi connectivity index (χ4v) is 7.06. The Labute approximate surface area is 189 Å². The van der Waals surface area contributed by atoms with Crippen molar-refractivity contribution in [2.24, 2.45) is 0 Å². The second kappa shape index (κ2) is 9.96. The molecule has 1 aliphatic carbocycles. The van der Waals surface area contributed by atoms with Crippen LogP contribution in [0.1, 0.15) is 68.0 Å². The standard InChI is InChI=1S/C23H32N2O4S2/c1-2-31(27,28)25-14-12-17(13-15-25)24-23(26)22-20(16-30-18-8-4-3-5-9-18)19-10-6-7-11-21(19)29-22/h6-7,10-11,17-18H,2-5,8-9,12-16H2,1H3,(H,24,26). The molecule has 1 aliphatic heterocycles. The highest BCUT2D eigenvalue weighted by Gasteiger charge is 2.29. The third-order valence-electron chi connectivity index (χ3n) is 6.47. The number of rotatable bonds is 7. The molecular formula is C23H32N2O4S2. The van der Waals surface area contributed by atoms with Crippen molar-refractivity contribution < 1.29 is 17.6 Å². The van der Waals surface area contributed by atoms with Gasteiger partial charge in [-0.25, -0.2) is 12.7 Å². The normalized spacial score (nSPS) is 19.6. The Bertz CT molecular complexity index is 1000. The number of nitrogens with one attached hydrogen (secondary N) is 1. The number of hydrogen-bond donors (Lipinski definition) is 1. The lowest BCUT2D eigenvalue weighted by atomic mass is 10.0. The molecule has 2 aromatic rings. The molecule has 0 spiro atoms. The van der Waals surface area contributed by atoms with Crippen molar-refractivity contribution in [2.45, 2.75) is 68.9 Å². The highest BCUT2D eigenvalue weighted by molar-refractivity contribution is 7.99. The molecule has 170 valence electrons. The highest BCUT2D eigenvalue weighted by atomic mass is 32.2. The first-order valence-electron chi connectivity index (χ1n) is 11.4. The molecule has 0 bridgehead atoms. The molecule has 8 heteroatoms. The summed E-state index contributed by atoms with van der Waals surface area (Å²) in [7, 11) is -3.17. The molecule has 1 amide bonds. The molecule has 0 unspecified atom stereocenters. The molecule has 0 atom stereocenters. The Hall–Kier alpha value is -1.51. The van der Waals surface area contributed by atoms with E-state index in [2.05, 4.69) is 5.32 Å². The highest BCUT2D eigenvalue weighted by Crippen LogP contribution is 2.35. The van der Waals surface area contributed by atoms with E-state index in [9.17, 15) is 13.2 Å². The average molecular weight is 465 g/mol. The van der Waals surface area contributed by atoms with E-state index in [1.54, 1.807) is 6.92 Å². The van der Waals surface area contributed by atoms with Gasteiger partial charge in [0.1, 0.15) is 5.58 Å².